The van der Waals surface area contributed by atoms with Gasteiger partial charge in [0.25, 0.3) is 10.0 Å². The molecule has 5 nitrogen and oxygen atoms in total. The first kappa shape index (κ1) is 16.0. The standard InChI is InChI=1S/C15H22N2O3S2/c18-15(16-9-3-1-2-4-10-16)13-7-5-11-17(13)22(19,20)14-8-6-12-21-14/h6,8,12-13H,1-5,7,9-11H2. The van der Waals surface area contributed by atoms with Gasteiger partial charge < -0.3 is 4.90 Å². The fraction of sp³-hybridized carbons (Fsp3) is 0.667. The van der Waals surface area contributed by atoms with E-state index in [4.69, 9.17) is 0 Å². The summed E-state index contributed by atoms with van der Waals surface area (Å²) < 4.78 is 27.2. The van der Waals surface area contributed by atoms with Crippen LogP contribution in [0.1, 0.15) is 38.5 Å². The van der Waals surface area contributed by atoms with Crippen LogP contribution in [0.4, 0.5) is 0 Å². The van der Waals surface area contributed by atoms with Crippen LogP contribution in [0.15, 0.2) is 21.7 Å². The van der Waals surface area contributed by atoms with Gasteiger partial charge in [-0.2, -0.15) is 4.31 Å². The first-order chi connectivity index (χ1) is 10.6. The number of carbonyl (C=O) groups is 1. The van der Waals surface area contributed by atoms with E-state index < -0.39 is 16.1 Å². The molecule has 1 amide bonds. The van der Waals surface area contributed by atoms with Crippen molar-refractivity contribution in [1.29, 1.82) is 0 Å². The van der Waals surface area contributed by atoms with E-state index in [9.17, 15) is 13.2 Å². The number of likely N-dealkylation sites (tertiary alicyclic amines) is 1. The molecule has 0 N–H and O–H groups in total. The molecular weight excluding hydrogens is 320 g/mol. The van der Waals surface area contributed by atoms with E-state index in [0.717, 1.165) is 45.2 Å². The average molecular weight is 342 g/mol. The zero-order valence-corrected chi connectivity index (χ0v) is 14.2. The first-order valence-electron chi connectivity index (χ1n) is 7.95. The Morgan fingerprint density at radius 3 is 2.45 bits per heavy atom. The second kappa shape index (κ2) is 6.68. The summed E-state index contributed by atoms with van der Waals surface area (Å²) in [7, 11) is -3.53. The van der Waals surface area contributed by atoms with Crippen LogP contribution in [0.2, 0.25) is 0 Å². The monoisotopic (exact) mass is 342 g/mol. The molecule has 1 aromatic heterocycles. The largest absolute Gasteiger partial charge is 0.341 e. The minimum absolute atomic E-state index is 0.000434. The minimum atomic E-state index is -3.53. The van der Waals surface area contributed by atoms with Crippen molar-refractivity contribution in [3.8, 4) is 0 Å². The van der Waals surface area contributed by atoms with E-state index in [1.165, 1.54) is 15.6 Å². The molecule has 0 radical (unpaired) electrons. The number of sulfonamides is 1. The van der Waals surface area contributed by atoms with Crippen molar-refractivity contribution in [3.05, 3.63) is 17.5 Å². The highest BCUT2D eigenvalue weighted by atomic mass is 32.2. The predicted molar refractivity (Wildman–Crippen MR) is 86.3 cm³/mol. The van der Waals surface area contributed by atoms with Gasteiger partial charge in [-0.1, -0.05) is 18.9 Å². The van der Waals surface area contributed by atoms with Crippen molar-refractivity contribution in [2.75, 3.05) is 19.6 Å². The van der Waals surface area contributed by atoms with Gasteiger partial charge in [0, 0.05) is 19.6 Å². The molecule has 3 rings (SSSR count). The molecule has 0 aromatic carbocycles. The molecule has 1 aromatic rings. The van der Waals surface area contributed by atoms with Gasteiger partial charge in [-0.05, 0) is 37.1 Å². The Balaban J connectivity index is 1.79. The minimum Gasteiger partial charge on any atom is -0.341 e. The van der Waals surface area contributed by atoms with Gasteiger partial charge in [0.05, 0.1) is 0 Å². The molecule has 0 saturated carbocycles. The summed E-state index contributed by atoms with van der Waals surface area (Å²) >= 11 is 1.21. The zero-order valence-electron chi connectivity index (χ0n) is 12.6. The van der Waals surface area contributed by atoms with Gasteiger partial charge in [-0.25, -0.2) is 8.42 Å². The van der Waals surface area contributed by atoms with Gasteiger partial charge in [0.15, 0.2) is 0 Å². The Hall–Kier alpha value is -0.920. The van der Waals surface area contributed by atoms with Gasteiger partial charge in [0.1, 0.15) is 10.3 Å². The Labute approximate surface area is 136 Å². The molecule has 3 heterocycles. The van der Waals surface area contributed by atoms with Gasteiger partial charge in [0.2, 0.25) is 5.91 Å². The molecule has 2 aliphatic heterocycles. The summed E-state index contributed by atoms with van der Waals surface area (Å²) in [6.07, 6.45) is 5.76. The Kier molecular flexibility index (Phi) is 4.84. The smallest absolute Gasteiger partial charge is 0.253 e. The van der Waals surface area contributed by atoms with E-state index in [2.05, 4.69) is 0 Å². The third-order valence-corrected chi connectivity index (χ3v) is 7.75. The van der Waals surface area contributed by atoms with Crippen LogP contribution >= 0.6 is 11.3 Å². The third-order valence-electron chi connectivity index (χ3n) is 4.46. The van der Waals surface area contributed by atoms with Crippen LogP contribution in [-0.2, 0) is 14.8 Å². The summed E-state index contributed by atoms with van der Waals surface area (Å²) in [5, 5.41) is 1.76. The maximum atomic E-state index is 12.8. The van der Waals surface area contributed by atoms with Crippen molar-refractivity contribution in [3.63, 3.8) is 0 Å². The number of thiophene rings is 1. The number of amides is 1. The Bertz CT molecular complexity index is 605. The maximum Gasteiger partial charge on any atom is 0.253 e. The number of nitrogens with zero attached hydrogens (tertiary/aromatic N) is 2. The lowest BCUT2D eigenvalue weighted by Gasteiger charge is -2.28. The molecule has 0 spiro atoms. The molecule has 1 unspecified atom stereocenters. The van der Waals surface area contributed by atoms with Gasteiger partial charge in [-0.3, -0.25) is 4.79 Å². The second-order valence-electron chi connectivity index (χ2n) is 5.95. The van der Waals surface area contributed by atoms with E-state index >= 15 is 0 Å². The van der Waals surface area contributed by atoms with E-state index in [0.29, 0.717) is 17.2 Å². The summed E-state index contributed by atoms with van der Waals surface area (Å²) in [4.78, 5) is 14.7. The molecule has 2 aliphatic rings. The normalized spacial score (nSPS) is 24.4. The van der Waals surface area contributed by atoms with Crippen molar-refractivity contribution < 1.29 is 13.2 Å². The fourth-order valence-electron chi connectivity index (χ4n) is 3.30. The van der Waals surface area contributed by atoms with Crippen LogP contribution in [0.25, 0.3) is 0 Å². The van der Waals surface area contributed by atoms with Gasteiger partial charge in [-0.15, -0.1) is 11.3 Å². The van der Waals surface area contributed by atoms with E-state index in [1.807, 2.05) is 4.90 Å². The highest BCUT2D eigenvalue weighted by molar-refractivity contribution is 7.91. The topological polar surface area (TPSA) is 57.7 Å². The number of hydrogen-bond acceptors (Lipinski definition) is 4. The molecule has 7 heteroatoms. The summed E-state index contributed by atoms with van der Waals surface area (Å²) in [5.41, 5.74) is 0. The number of carbonyl (C=O) groups excluding carboxylic acids is 1. The Morgan fingerprint density at radius 1 is 1.09 bits per heavy atom. The summed E-state index contributed by atoms with van der Waals surface area (Å²) in [6.45, 7) is 1.98. The van der Waals surface area contributed by atoms with Crippen molar-refractivity contribution in [2.24, 2.45) is 0 Å². The van der Waals surface area contributed by atoms with Crippen molar-refractivity contribution >= 4 is 27.3 Å². The highest BCUT2D eigenvalue weighted by Crippen LogP contribution is 2.29. The van der Waals surface area contributed by atoms with Gasteiger partial charge >= 0.3 is 0 Å². The zero-order chi connectivity index (χ0) is 15.6. The van der Waals surface area contributed by atoms with E-state index in [-0.39, 0.29) is 5.91 Å². The average Bonchev–Trinajstić information content (AvgIpc) is 3.14. The fourth-order valence-corrected chi connectivity index (χ4v) is 6.07. The SMILES string of the molecule is O=C(C1CCCN1S(=O)(=O)c1cccs1)N1CCCCCC1. The van der Waals surface area contributed by atoms with Crippen LogP contribution in [0.3, 0.4) is 0 Å². The lowest BCUT2D eigenvalue weighted by Crippen LogP contribution is -2.47. The molecule has 0 bridgehead atoms. The molecule has 22 heavy (non-hydrogen) atoms. The van der Waals surface area contributed by atoms with Crippen molar-refractivity contribution in [1.82, 2.24) is 9.21 Å². The lowest BCUT2D eigenvalue weighted by atomic mass is 10.2. The highest BCUT2D eigenvalue weighted by Gasteiger charge is 2.41. The quantitative estimate of drug-likeness (QED) is 0.847. The van der Waals surface area contributed by atoms with Crippen LogP contribution < -0.4 is 0 Å². The molecule has 2 saturated heterocycles. The molecule has 1 atom stereocenters. The maximum absolute atomic E-state index is 12.8. The Morgan fingerprint density at radius 2 is 1.82 bits per heavy atom. The molecule has 0 aliphatic carbocycles. The van der Waals surface area contributed by atoms with Crippen LogP contribution in [0, 0.1) is 0 Å². The third kappa shape index (κ3) is 3.07. The summed E-state index contributed by atoms with van der Waals surface area (Å²) in [6, 6.07) is 2.84. The summed E-state index contributed by atoms with van der Waals surface area (Å²) in [5.74, 6) is -0.000434. The lowest BCUT2D eigenvalue weighted by molar-refractivity contribution is -0.134. The van der Waals surface area contributed by atoms with Crippen LogP contribution in [0.5, 0.6) is 0 Å². The first-order valence-corrected chi connectivity index (χ1v) is 10.3. The molecule has 2 fully saturated rings. The number of hydrogen-bond donors (Lipinski definition) is 0. The molecule has 122 valence electrons. The second-order valence-corrected chi connectivity index (χ2v) is 9.01. The molecular formula is C15H22N2O3S2. The predicted octanol–water partition coefficient (Wildman–Crippen LogP) is 2.30. The van der Waals surface area contributed by atoms with Crippen molar-refractivity contribution in [2.45, 2.75) is 48.8 Å². The van der Waals surface area contributed by atoms with Crippen LogP contribution in [-0.4, -0.2) is 49.2 Å². The number of rotatable bonds is 3. The van der Waals surface area contributed by atoms with E-state index in [1.54, 1.807) is 17.5 Å².